The summed E-state index contributed by atoms with van der Waals surface area (Å²) in [5, 5.41) is 7.42. The van der Waals surface area contributed by atoms with Crippen LogP contribution in [0.2, 0.25) is 0 Å². The van der Waals surface area contributed by atoms with Gasteiger partial charge in [-0.3, -0.25) is 4.79 Å². The molecule has 4 heteroatoms. The van der Waals surface area contributed by atoms with Gasteiger partial charge in [-0.25, -0.2) is 0 Å². The molecule has 0 aromatic heterocycles. The van der Waals surface area contributed by atoms with Gasteiger partial charge in [-0.2, -0.15) is 0 Å². The highest BCUT2D eigenvalue weighted by atomic mass is 16.5. The lowest BCUT2D eigenvalue weighted by Gasteiger charge is -2.36. The van der Waals surface area contributed by atoms with Crippen LogP contribution in [0, 0.1) is 11.8 Å². The van der Waals surface area contributed by atoms with Crippen LogP contribution in [0.1, 0.15) is 91.0 Å². The van der Waals surface area contributed by atoms with Gasteiger partial charge in [0.05, 0.1) is 6.61 Å². The van der Waals surface area contributed by atoms with E-state index in [0.29, 0.717) is 5.41 Å². The lowest BCUT2D eigenvalue weighted by molar-refractivity contribution is -0.134. The number of carbonyl (C=O) groups is 1. The first-order valence-electron chi connectivity index (χ1n) is 12.6. The molecule has 31 heavy (non-hydrogen) atoms. The Bertz CT molecular complexity index is 658. The third-order valence-electron chi connectivity index (χ3n) is 7.13. The van der Waals surface area contributed by atoms with Crippen molar-refractivity contribution in [3.63, 3.8) is 0 Å². The van der Waals surface area contributed by atoms with Gasteiger partial charge < -0.3 is 14.7 Å². The van der Waals surface area contributed by atoms with E-state index in [2.05, 4.69) is 49.9 Å². The summed E-state index contributed by atoms with van der Waals surface area (Å²) < 4.78 is 5.96. The minimum atomic E-state index is -0.833. The quantitative estimate of drug-likeness (QED) is 0.483. The summed E-state index contributed by atoms with van der Waals surface area (Å²) in [7, 11) is 0. The first kappa shape index (κ1) is 25.7. The minimum Gasteiger partial charge on any atom is -0.494 e. The van der Waals surface area contributed by atoms with E-state index in [1.165, 1.54) is 71.0 Å². The molecule has 1 aromatic carbocycles. The van der Waals surface area contributed by atoms with Gasteiger partial charge in [-0.1, -0.05) is 52.2 Å². The normalized spacial score (nSPS) is 24.5. The van der Waals surface area contributed by atoms with Gasteiger partial charge in [0.25, 0.3) is 5.97 Å². The molecule has 0 radical (unpaired) electrons. The number of hydrogen-bond acceptors (Lipinski definition) is 3. The number of carboxylic acids is 1. The Morgan fingerprint density at radius 3 is 2.68 bits per heavy atom. The Morgan fingerprint density at radius 2 is 1.97 bits per heavy atom. The molecule has 0 spiro atoms. The highest BCUT2D eigenvalue weighted by Crippen LogP contribution is 2.51. The van der Waals surface area contributed by atoms with E-state index in [0.717, 1.165) is 37.5 Å². The van der Waals surface area contributed by atoms with Crippen LogP contribution in [0.25, 0.3) is 0 Å². The minimum absolute atomic E-state index is 0.398. The molecule has 1 aliphatic heterocycles. The average molecular weight is 432 g/mol. The Hall–Kier alpha value is -1.55. The molecule has 0 bridgehead atoms. The third-order valence-corrected chi connectivity index (χ3v) is 7.13. The zero-order valence-corrected chi connectivity index (χ0v) is 20.4. The average Bonchev–Trinajstić information content (AvgIpc) is 3.05. The molecule has 3 atom stereocenters. The lowest BCUT2D eigenvalue weighted by atomic mass is 9.69. The van der Waals surface area contributed by atoms with Crippen molar-refractivity contribution in [3.8, 4) is 5.75 Å². The van der Waals surface area contributed by atoms with Crippen molar-refractivity contribution in [2.45, 2.75) is 90.9 Å². The maximum absolute atomic E-state index is 9.00. The molecular formula is C27H45NO3. The van der Waals surface area contributed by atoms with E-state index in [-0.39, 0.29) is 0 Å². The molecule has 2 aliphatic rings. The van der Waals surface area contributed by atoms with Gasteiger partial charge in [0.2, 0.25) is 0 Å². The smallest absolute Gasteiger partial charge is 0.300 e. The van der Waals surface area contributed by atoms with Crippen molar-refractivity contribution in [1.82, 2.24) is 4.90 Å². The maximum atomic E-state index is 9.00. The van der Waals surface area contributed by atoms with Crippen molar-refractivity contribution in [2.24, 2.45) is 11.8 Å². The number of aliphatic carboxylic acids is 1. The Labute approximate surface area is 190 Å². The van der Waals surface area contributed by atoms with E-state index in [4.69, 9.17) is 14.6 Å². The molecule has 1 saturated heterocycles. The van der Waals surface area contributed by atoms with Crippen molar-refractivity contribution in [1.29, 1.82) is 0 Å². The van der Waals surface area contributed by atoms with Gasteiger partial charge in [0.15, 0.2) is 0 Å². The largest absolute Gasteiger partial charge is 0.494 e. The molecule has 1 aromatic rings. The van der Waals surface area contributed by atoms with Crippen molar-refractivity contribution < 1.29 is 14.6 Å². The van der Waals surface area contributed by atoms with Gasteiger partial charge in [0.1, 0.15) is 5.75 Å². The molecule has 1 heterocycles. The summed E-state index contributed by atoms with van der Waals surface area (Å²) in [6.45, 7) is 12.7. The van der Waals surface area contributed by atoms with Gasteiger partial charge >= 0.3 is 0 Å². The highest BCUT2D eigenvalue weighted by molar-refractivity contribution is 5.62. The number of hydrogen-bond donors (Lipinski definition) is 1. The second-order valence-corrected chi connectivity index (χ2v) is 9.73. The van der Waals surface area contributed by atoms with Crippen LogP contribution in [-0.4, -0.2) is 42.2 Å². The fourth-order valence-electron chi connectivity index (χ4n) is 5.64. The molecule has 4 nitrogen and oxygen atoms in total. The van der Waals surface area contributed by atoms with E-state index >= 15 is 0 Å². The molecule has 1 saturated carbocycles. The number of carboxylic acid groups (broad SMARTS) is 1. The molecule has 176 valence electrons. The molecule has 1 aliphatic carbocycles. The number of nitrogens with zero attached hydrogens (tertiary/aromatic N) is 1. The third kappa shape index (κ3) is 7.82. The number of fused-ring (bicyclic) bond motifs is 1. The molecule has 0 amide bonds. The highest BCUT2D eigenvalue weighted by Gasteiger charge is 2.45. The summed E-state index contributed by atoms with van der Waals surface area (Å²) in [6.07, 6.45) is 12.0. The lowest BCUT2D eigenvalue weighted by Crippen LogP contribution is -2.36. The number of ether oxygens (including phenoxy) is 1. The van der Waals surface area contributed by atoms with Crippen molar-refractivity contribution >= 4 is 5.97 Å². The first-order chi connectivity index (χ1) is 14.9. The summed E-state index contributed by atoms with van der Waals surface area (Å²) in [6, 6.07) is 9.11. The van der Waals surface area contributed by atoms with Crippen LogP contribution >= 0.6 is 0 Å². The van der Waals surface area contributed by atoms with Crippen LogP contribution < -0.4 is 4.74 Å². The summed E-state index contributed by atoms with van der Waals surface area (Å²) >= 11 is 0. The molecular weight excluding hydrogens is 386 g/mol. The monoisotopic (exact) mass is 431 g/mol. The van der Waals surface area contributed by atoms with Gasteiger partial charge in [-0.05, 0) is 86.6 Å². The molecule has 3 rings (SSSR count). The van der Waals surface area contributed by atoms with Crippen LogP contribution in [0.4, 0.5) is 0 Å². The number of rotatable bonds is 9. The second-order valence-electron chi connectivity index (χ2n) is 9.73. The van der Waals surface area contributed by atoms with Gasteiger partial charge in [0, 0.05) is 13.5 Å². The van der Waals surface area contributed by atoms with Crippen molar-refractivity contribution in [3.05, 3.63) is 29.8 Å². The van der Waals surface area contributed by atoms with Gasteiger partial charge in [-0.15, -0.1) is 0 Å². The van der Waals surface area contributed by atoms with Crippen LogP contribution in [0.5, 0.6) is 5.75 Å². The van der Waals surface area contributed by atoms with Crippen LogP contribution in [-0.2, 0) is 10.2 Å². The van der Waals surface area contributed by atoms with Crippen LogP contribution in [0.15, 0.2) is 24.3 Å². The van der Waals surface area contributed by atoms with E-state index in [1.54, 1.807) is 5.56 Å². The summed E-state index contributed by atoms with van der Waals surface area (Å²) in [5.41, 5.74) is 1.95. The zero-order chi connectivity index (χ0) is 22.7. The molecule has 3 unspecified atom stereocenters. The summed E-state index contributed by atoms with van der Waals surface area (Å²) in [4.78, 5) is 11.8. The predicted octanol–water partition coefficient (Wildman–Crippen LogP) is 6.53. The fraction of sp³-hybridized carbons (Fsp3) is 0.741. The van der Waals surface area contributed by atoms with E-state index in [9.17, 15) is 0 Å². The first-order valence-corrected chi connectivity index (χ1v) is 12.6. The Morgan fingerprint density at radius 1 is 1.23 bits per heavy atom. The van der Waals surface area contributed by atoms with E-state index < -0.39 is 5.97 Å². The molecule has 2 fully saturated rings. The fourth-order valence-corrected chi connectivity index (χ4v) is 5.64. The summed E-state index contributed by atoms with van der Waals surface area (Å²) in [5.74, 6) is 1.94. The number of benzene rings is 1. The number of likely N-dealkylation sites (tertiary alicyclic amines) is 1. The Kier molecular flexibility index (Phi) is 10.9. The predicted molar refractivity (Wildman–Crippen MR) is 129 cm³/mol. The van der Waals surface area contributed by atoms with E-state index in [1.807, 2.05) is 0 Å². The van der Waals surface area contributed by atoms with Crippen molar-refractivity contribution in [2.75, 3.05) is 26.2 Å². The second kappa shape index (κ2) is 13.1. The molecule has 1 N–H and O–H groups in total. The zero-order valence-electron chi connectivity index (χ0n) is 20.4. The topological polar surface area (TPSA) is 49.8 Å². The SMILES string of the molecule is CC(=O)O.CCCOc1cccc(C23CCCC2CN(CCC(C)CCC)CCC3)c1. The Balaban J connectivity index is 0.000000785. The maximum Gasteiger partial charge on any atom is 0.300 e. The van der Waals surface area contributed by atoms with Crippen LogP contribution in [0.3, 0.4) is 0 Å². The standard InChI is InChI=1S/C25H41NO.C2H4O2/c1-4-9-21(3)13-17-26-16-8-15-25(14-7-11-23(25)20-26)22-10-6-12-24(19-22)27-18-5-2;1-2(3)4/h6,10,12,19,21,23H,4-5,7-9,11,13-18,20H2,1-3H3;1H3,(H,3,4).